The van der Waals surface area contributed by atoms with Gasteiger partial charge in [0.25, 0.3) is 5.91 Å². The first-order valence-electron chi connectivity index (χ1n) is 5.77. The second-order valence-electron chi connectivity index (χ2n) is 4.47. The lowest BCUT2D eigenvalue weighted by Crippen LogP contribution is -2.33. The molecule has 0 aliphatic heterocycles. The summed E-state index contributed by atoms with van der Waals surface area (Å²) in [4.78, 5) is 10.8. The van der Waals surface area contributed by atoms with Crippen LogP contribution in [-0.2, 0) is 22.6 Å². The van der Waals surface area contributed by atoms with Gasteiger partial charge in [0.1, 0.15) is 6.61 Å². The average Bonchev–Trinajstić information content (AvgIpc) is 2.30. The fourth-order valence-corrected chi connectivity index (χ4v) is 1.55. The summed E-state index contributed by atoms with van der Waals surface area (Å²) < 4.78 is 5.20. The maximum Gasteiger partial charge on any atom is 0.259 e. The van der Waals surface area contributed by atoms with Gasteiger partial charge in [-0.05, 0) is 23.5 Å². The molecule has 94 valence electrons. The predicted octanol–water partition coefficient (Wildman–Crippen LogP) is 1.39. The van der Waals surface area contributed by atoms with Crippen LogP contribution in [0, 0.1) is 5.92 Å². The van der Waals surface area contributed by atoms with Gasteiger partial charge in [-0.15, -0.1) is 0 Å². The SMILES string of the molecule is CC(C)Cc1ccc(COCC(=O)NN)cc1. The van der Waals surface area contributed by atoms with Crippen molar-refractivity contribution in [3.63, 3.8) is 0 Å². The summed E-state index contributed by atoms with van der Waals surface area (Å²) in [6.07, 6.45) is 1.08. The van der Waals surface area contributed by atoms with E-state index in [0.29, 0.717) is 12.5 Å². The van der Waals surface area contributed by atoms with Gasteiger partial charge in [0, 0.05) is 0 Å². The Labute approximate surface area is 102 Å². The lowest BCUT2D eigenvalue weighted by molar-refractivity contribution is -0.126. The van der Waals surface area contributed by atoms with Crippen molar-refractivity contribution in [2.75, 3.05) is 6.61 Å². The smallest absolute Gasteiger partial charge is 0.259 e. The van der Waals surface area contributed by atoms with Crippen LogP contribution in [0.3, 0.4) is 0 Å². The van der Waals surface area contributed by atoms with Crippen molar-refractivity contribution in [3.05, 3.63) is 35.4 Å². The van der Waals surface area contributed by atoms with Crippen molar-refractivity contribution >= 4 is 5.91 Å². The molecule has 0 aliphatic rings. The largest absolute Gasteiger partial charge is 0.367 e. The third-order valence-corrected chi connectivity index (χ3v) is 2.33. The molecule has 17 heavy (non-hydrogen) atoms. The van der Waals surface area contributed by atoms with E-state index in [2.05, 4.69) is 26.0 Å². The summed E-state index contributed by atoms with van der Waals surface area (Å²) in [6, 6.07) is 8.25. The number of hydrogen-bond acceptors (Lipinski definition) is 3. The van der Waals surface area contributed by atoms with Crippen LogP contribution in [0.15, 0.2) is 24.3 Å². The van der Waals surface area contributed by atoms with Crippen LogP contribution in [0.1, 0.15) is 25.0 Å². The van der Waals surface area contributed by atoms with Gasteiger partial charge in [0.2, 0.25) is 0 Å². The molecule has 1 amide bonds. The van der Waals surface area contributed by atoms with E-state index in [1.165, 1.54) is 5.56 Å². The Morgan fingerprint density at radius 1 is 1.29 bits per heavy atom. The molecule has 0 unspecified atom stereocenters. The van der Waals surface area contributed by atoms with Gasteiger partial charge in [-0.25, -0.2) is 5.84 Å². The molecule has 1 aromatic rings. The van der Waals surface area contributed by atoms with Gasteiger partial charge < -0.3 is 4.74 Å². The molecule has 0 radical (unpaired) electrons. The molecule has 0 saturated carbocycles. The number of hydrazine groups is 1. The van der Waals surface area contributed by atoms with E-state index in [1.807, 2.05) is 17.6 Å². The molecule has 0 saturated heterocycles. The molecular formula is C13H20N2O2. The van der Waals surface area contributed by atoms with E-state index >= 15 is 0 Å². The first-order valence-corrected chi connectivity index (χ1v) is 5.77. The fraction of sp³-hybridized carbons (Fsp3) is 0.462. The minimum atomic E-state index is -0.318. The predicted molar refractivity (Wildman–Crippen MR) is 67.0 cm³/mol. The van der Waals surface area contributed by atoms with Gasteiger partial charge in [-0.1, -0.05) is 38.1 Å². The van der Waals surface area contributed by atoms with Gasteiger partial charge in [0.15, 0.2) is 0 Å². The monoisotopic (exact) mass is 236 g/mol. The zero-order valence-corrected chi connectivity index (χ0v) is 10.4. The van der Waals surface area contributed by atoms with Gasteiger partial charge in [-0.2, -0.15) is 0 Å². The molecule has 0 heterocycles. The van der Waals surface area contributed by atoms with Crippen LogP contribution in [0.4, 0.5) is 0 Å². The number of hydrogen-bond donors (Lipinski definition) is 2. The number of nitrogens with one attached hydrogen (secondary N) is 1. The third-order valence-electron chi connectivity index (χ3n) is 2.33. The molecular weight excluding hydrogens is 216 g/mol. The van der Waals surface area contributed by atoms with E-state index < -0.39 is 0 Å². The zero-order valence-electron chi connectivity index (χ0n) is 10.4. The van der Waals surface area contributed by atoms with Crippen molar-refractivity contribution in [3.8, 4) is 0 Å². The van der Waals surface area contributed by atoms with Crippen LogP contribution in [0.25, 0.3) is 0 Å². The highest BCUT2D eigenvalue weighted by molar-refractivity contribution is 5.76. The molecule has 0 bridgehead atoms. The summed E-state index contributed by atoms with van der Waals surface area (Å²) in [5.41, 5.74) is 4.40. The maximum atomic E-state index is 10.8. The summed E-state index contributed by atoms with van der Waals surface area (Å²) in [5, 5.41) is 0. The average molecular weight is 236 g/mol. The standard InChI is InChI=1S/C13H20N2O2/c1-10(2)7-11-3-5-12(6-4-11)8-17-9-13(16)15-14/h3-6,10H,7-9,14H2,1-2H3,(H,15,16). The lowest BCUT2D eigenvalue weighted by Gasteiger charge is -2.07. The second-order valence-corrected chi connectivity index (χ2v) is 4.47. The van der Waals surface area contributed by atoms with E-state index in [1.54, 1.807) is 0 Å². The minimum absolute atomic E-state index is 0.00968. The van der Waals surface area contributed by atoms with Crippen molar-refractivity contribution < 1.29 is 9.53 Å². The number of ether oxygens (including phenoxy) is 1. The Hall–Kier alpha value is -1.39. The van der Waals surface area contributed by atoms with E-state index in [-0.39, 0.29) is 12.5 Å². The molecule has 4 heteroatoms. The third kappa shape index (κ3) is 5.47. The van der Waals surface area contributed by atoms with Crippen molar-refractivity contribution in [2.24, 2.45) is 11.8 Å². The Balaban J connectivity index is 2.37. The van der Waals surface area contributed by atoms with Gasteiger partial charge in [-0.3, -0.25) is 10.2 Å². The Morgan fingerprint density at radius 2 is 1.88 bits per heavy atom. The number of carbonyl (C=O) groups is 1. The summed E-state index contributed by atoms with van der Waals surface area (Å²) in [5.74, 6) is 5.28. The van der Waals surface area contributed by atoms with Crippen LogP contribution < -0.4 is 11.3 Å². The van der Waals surface area contributed by atoms with Gasteiger partial charge in [0.05, 0.1) is 6.61 Å². The van der Waals surface area contributed by atoms with Gasteiger partial charge >= 0.3 is 0 Å². The molecule has 0 atom stereocenters. The molecule has 4 nitrogen and oxygen atoms in total. The fourth-order valence-electron chi connectivity index (χ4n) is 1.55. The molecule has 0 fully saturated rings. The topological polar surface area (TPSA) is 64.3 Å². The number of rotatable bonds is 6. The lowest BCUT2D eigenvalue weighted by atomic mass is 10.0. The minimum Gasteiger partial charge on any atom is -0.367 e. The highest BCUT2D eigenvalue weighted by atomic mass is 16.5. The first kappa shape index (κ1) is 13.7. The Morgan fingerprint density at radius 3 is 2.41 bits per heavy atom. The Kier molecular flexibility index (Phi) is 5.66. The van der Waals surface area contributed by atoms with Crippen molar-refractivity contribution in [1.82, 2.24) is 5.43 Å². The normalized spacial score (nSPS) is 10.6. The number of amides is 1. The van der Waals surface area contributed by atoms with Crippen LogP contribution in [-0.4, -0.2) is 12.5 Å². The highest BCUT2D eigenvalue weighted by Crippen LogP contribution is 2.10. The van der Waals surface area contributed by atoms with Crippen molar-refractivity contribution in [2.45, 2.75) is 26.9 Å². The maximum absolute atomic E-state index is 10.8. The molecule has 1 aromatic carbocycles. The first-order chi connectivity index (χ1) is 8.11. The quantitative estimate of drug-likeness (QED) is 0.445. The van der Waals surface area contributed by atoms with Crippen LogP contribution in [0.5, 0.6) is 0 Å². The highest BCUT2D eigenvalue weighted by Gasteiger charge is 2.00. The van der Waals surface area contributed by atoms with Crippen LogP contribution >= 0.6 is 0 Å². The van der Waals surface area contributed by atoms with Crippen LogP contribution in [0.2, 0.25) is 0 Å². The number of benzene rings is 1. The Bertz CT molecular complexity index is 347. The molecule has 0 aliphatic carbocycles. The van der Waals surface area contributed by atoms with Crippen molar-refractivity contribution in [1.29, 1.82) is 0 Å². The summed E-state index contributed by atoms with van der Waals surface area (Å²) in [7, 11) is 0. The number of carbonyl (C=O) groups excluding carboxylic acids is 1. The molecule has 0 spiro atoms. The summed E-state index contributed by atoms with van der Waals surface area (Å²) >= 11 is 0. The zero-order chi connectivity index (χ0) is 12.7. The second kappa shape index (κ2) is 7.04. The van der Waals surface area contributed by atoms with E-state index in [0.717, 1.165) is 12.0 Å². The number of nitrogens with two attached hydrogens (primary N) is 1. The summed E-state index contributed by atoms with van der Waals surface area (Å²) in [6.45, 7) is 4.81. The molecule has 3 N–H and O–H groups in total. The van der Waals surface area contributed by atoms with E-state index in [4.69, 9.17) is 10.6 Å². The van der Waals surface area contributed by atoms with E-state index in [9.17, 15) is 4.79 Å². The molecule has 1 rings (SSSR count). The molecule has 0 aromatic heterocycles.